The van der Waals surface area contributed by atoms with E-state index in [4.69, 9.17) is 0 Å². The van der Waals surface area contributed by atoms with Crippen molar-refractivity contribution in [1.82, 2.24) is 10.2 Å². The summed E-state index contributed by atoms with van der Waals surface area (Å²) in [5.74, 6) is 0.0590. The molecule has 0 aromatic rings. The van der Waals surface area contributed by atoms with Crippen LogP contribution in [0.15, 0.2) is 0 Å². The van der Waals surface area contributed by atoms with E-state index >= 15 is 0 Å². The first-order valence-corrected chi connectivity index (χ1v) is 8.19. The molecule has 4 unspecified atom stereocenters. The fraction of sp³-hybridized carbons (Fsp3) is 0.875. The van der Waals surface area contributed by atoms with Crippen molar-refractivity contribution in [3.8, 4) is 0 Å². The highest BCUT2D eigenvalue weighted by molar-refractivity contribution is 5.83. The summed E-state index contributed by atoms with van der Waals surface area (Å²) >= 11 is 0. The molecular formula is C16H26N2O3. The fourth-order valence-electron chi connectivity index (χ4n) is 4.20. The van der Waals surface area contributed by atoms with E-state index in [-0.39, 0.29) is 12.1 Å². The van der Waals surface area contributed by atoms with Crippen molar-refractivity contribution in [2.24, 2.45) is 17.3 Å². The van der Waals surface area contributed by atoms with Crippen LogP contribution >= 0.6 is 0 Å². The van der Waals surface area contributed by atoms with Gasteiger partial charge in [-0.2, -0.15) is 0 Å². The minimum atomic E-state index is -0.855. The third-order valence-corrected chi connectivity index (χ3v) is 5.82. The number of nitrogens with zero attached hydrogens (tertiary/aromatic N) is 1. The van der Waals surface area contributed by atoms with Crippen LogP contribution in [-0.2, 0) is 4.79 Å². The quantitative estimate of drug-likeness (QED) is 0.840. The van der Waals surface area contributed by atoms with E-state index < -0.39 is 12.0 Å². The summed E-state index contributed by atoms with van der Waals surface area (Å²) < 4.78 is 0. The maximum Gasteiger partial charge on any atom is 0.326 e. The van der Waals surface area contributed by atoms with E-state index in [0.717, 1.165) is 25.7 Å². The molecule has 1 saturated heterocycles. The monoisotopic (exact) mass is 294 g/mol. The molecule has 2 amide bonds. The van der Waals surface area contributed by atoms with Crippen LogP contribution in [0.5, 0.6) is 0 Å². The molecule has 2 saturated carbocycles. The number of urea groups is 1. The zero-order valence-corrected chi connectivity index (χ0v) is 13.0. The van der Waals surface area contributed by atoms with Crippen LogP contribution in [0.25, 0.3) is 0 Å². The van der Waals surface area contributed by atoms with Crippen molar-refractivity contribution in [1.29, 1.82) is 0 Å². The minimum absolute atomic E-state index is 0.132. The Morgan fingerprint density at radius 1 is 1.29 bits per heavy atom. The lowest BCUT2D eigenvalue weighted by molar-refractivity contribution is -0.141. The average molecular weight is 294 g/mol. The molecule has 5 nitrogen and oxygen atoms in total. The van der Waals surface area contributed by atoms with Gasteiger partial charge < -0.3 is 15.3 Å². The van der Waals surface area contributed by atoms with Gasteiger partial charge in [0, 0.05) is 12.6 Å². The zero-order chi connectivity index (χ0) is 15.2. The van der Waals surface area contributed by atoms with E-state index in [1.165, 1.54) is 6.42 Å². The Morgan fingerprint density at radius 2 is 1.95 bits per heavy atom. The third-order valence-electron chi connectivity index (χ3n) is 5.82. The normalized spacial score (nSPS) is 37.0. The van der Waals surface area contributed by atoms with Crippen molar-refractivity contribution < 1.29 is 14.7 Å². The molecule has 2 N–H and O–H groups in total. The number of amides is 2. The van der Waals surface area contributed by atoms with Gasteiger partial charge >= 0.3 is 12.0 Å². The average Bonchev–Trinajstić information content (AvgIpc) is 2.87. The number of carboxylic acids is 1. The predicted octanol–water partition coefficient (Wildman–Crippen LogP) is 2.46. The smallest absolute Gasteiger partial charge is 0.326 e. The number of hydrogen-bond acceptors (Lipinski definition) is 2. The summed E-state index contributed by atoms with van der Waals surface area (Å²) in [6.45, 7) is 5.08. The molecule has 0 aromatic carbocycles. The lowest BCUT2D eigenvalue weighted by atomic mass is 9.85. The number of likely N-dealkylation sites (tertiary alicyclic amines) is 1. The van der Waals surface area contributed by atoms with Gasteiger partial charge in [0.1, 0.15) is 6.04 Å². The molecule has 21 heavy (non-hydrogen) atoms. The summed E-state index contributed by atoms with van der Waals surface area (Å²) in [5.41, 5.74) is 0.331. The Bertz CT molecular complexity index is 449. The van der Waals surface area contributed by atoms with Crippen LogP contribution in [0.4, 0.5) is 4.79 Å². The van der Waals surface area contributed by atoms with Gasteiger partial charge in [0.15, 0.2) is 0 Å². The summed E-state index contributed by atoms with van der Waals surface area (Å²) in [4.78, 5) is 25.6. The van der Waals surface area contributed by atoms with Gasteiger partial charge in [0.05, 0.1) is 0 Å². The van der Waals surface area contributed by atoms with Gasteiger partial charge in [0.2, 0.25) is 0 Å². The van der Waals surface area contributed by atoms with Gasteiger partial charge in [-0.05, 0) is 42.9 Å². The summed E-state index contributed by atoms with van der Waals surface area (Å²) in [5, 5.41) is 12.4. The maximum atomic E-state index is 12.5. The van der Waals surface area contributed by atoms with E-state index in [9.17, 15) is 14.7 Å². The number of aliphatic carboxylic acids is 1. The maximum absolute atomic E-state index is 12.5. The Morgan fingerprint density at radius 3 is 2.57 bits per heavy atom. The van der Waals surface area contributed by atoms with Crippen LogP contribution in [0, 0.1) is 17.3 Å². The molecule has 3 rings (SSSR count). The summed E-state index contributed by atoms with van der Waals surface area (Å²) in [6.07, 6.45) is 6.06. The minimum Gasteiger partial charge on any atom is -0.480 e. The number of carbonyl (C=O) groups is 2. The first-order chi connectivity index (χ1) is 9.90. The van der Waals surface area contributed by atoms with Crippen LogP contribution in [0.1, 0.15) is 52.4 Å². The molecule has 0 bridgehead atoms. The van der Waals surface area contributed by atoms with Crippen LogP contribution in [0.3, 0.4) is 0 Å². The zero-order valence-electron chi connectivity index (χ0n) is 13.0. The SMILES string of the molecule is CC1(C)CC1CNC(=O)N1C(C(=O)O)CC2CCCCC21. The molecule has 118 valence electrons. The second-order valence-electron chi connectivity index (χ2n) is 7.68. The van der Waals surface area contributed by atoms with Gasteiger partial charge in [-0.1, -0.05) is 26.7 Å². The first kappa shape index (κ1) is 14.7. The second kappa shape index (κ2) is 5.18. The number of carbonyl (C=O) groups excluding carboxylic acids is 1. The van der Waals surface area contributed by atoms with Crippen molar-refractivity contribution in [3.05, 3.63) is 0 Å². The van der Waals surface area contributed by atoms with Crippen molar-refractivity contribution in [3.63, 3.8) is 0 Å². The third kappa shape index (κ3) is 2.74. The van der Waals surface area contributed by atoms with Crippen molar-refractivity contribution in [2.45, 2.75) is 64.5 Å². The number of rotatable bonds is 3. The largest absolute Gasteiger partial charge is 0.480 e. The van der Waals surface area contributed by atoms with E-state index in [1.54, 1.807) is 4.90 Å². The van der Waals surface area contributed by atoms with Gasteiger partial charge in [-0.15, -0.1) is 0 Å². The van der Waals surface area contributed by atoms with Gasteiger partial charge in [0.25, 0.3) is 0 Å². The van der Waals surface area contributed by atoms with Crippen molar-refractivity contribution >= 4 is 12.0 Å². The topological polar surface area (TPSA) is 69.6 Å². The molecule has 1 heterocycles. The van der Waals surface area contributed by atoms with E-state index in [0.29, 0.717) is 30.2 Å². The predicted molar refractivity (Wildman–Crippen MR) is 78.9 cm³/mol. The molecule has 0 radical (unpaired) electrons. The molecule has 3 aliphatic rings. The van der Waals surface area contributed by atoms with Gasteiger partial charge in [-0.3, -0.25) is 0 Å². The highest BCUT2D eigenvalue weighted by atomic mass is 16.4. The number of nitrogens with one attached hydrogen (secondary N) is 1. The Hall–Kier alpha value is -1.26. The van der Waals surface area contributed by atoms with E-state index in [2.05, 4.69) is 19.2 Å². The van der Waals surface area contributed by atoms with Crippen molar-refractivity contribution in [2.75, 3.05) is 6.54 Å². The number of carboxylic acid groups (broad SMARTS) is 1. The molecule has 4 atom stereocenters. The molecular weight excluding hydrogens is 268 g/mol. The Kier molecular flexibility index (Phi) is 3.62. The highest BCUT2D eigenvalue weighted by Crippen LogP contribution is 2.51. The molecule has 0 aromatic heterocycles. The van der Waals surface area contributed by atoms with Gasteiger partial charge in [-0.25, -0.2) is 9.59 Å². The molecule has 2 aliphatic carbocycles. The Balaban J connectivity index is 1.65. The highest BCUT2D eigenvalue weighted by Gasteiger charge is 2.49. The lowest BCUT2D eigenvalue weighted by Crippen LogP contribution is -2.51. The molecule has 5 heteroatoms. The summed E-state index contributed by atoms with van der Waals surface area (Å²) in [7, 11) is 0. The van der Waals surface area contributed by atoms with Crippen LogP contribution in [-0.4, -0.2) is 40.6 Å². The first-order valence-electron chi connectivity index (χ1n) is 8.19. The summed E-state index contributed by atoms with van der Waals surface area (Å²) in [6, 6.07) is -0.670. The fourth-order valence-corrected chi connectivity index (χ4v) is 4.20. The second-order valence-corrected chi connectivity index (χ2v) is 7.68. The Labute approximate surface area is 126 Å². The number of hydrogen-bond donors (Lipinski definition) is 2. The molecule has 3 fully saturated rings. The van der Waals surface area contributed by atoms with Crippen LogP contribution in [0.2, 0.25) is 0 Å². The number of fused-ring (bicyclic) bond motifs is 1. The lowest BCUT2D eigenvalue weighted by Gasteiger charge is -2.33. The van der Waals surface area contributed by atoms with Crippen LogP contribution < -0.4 is 5.32 Å². The van der Waals surface area contributed by atoms with E-state index in [1.807, 2.05) is 0 Å². The molecule has 0 spiro atoms. The molecule has 1 aliphatic heterocycles. The standard InChI is InChI=1S/C16H26N2O3/c1-16(2)8-11(16)9-17-15(21)18-12-6-4-3-5-10(12)7-13(18)14(19)20/h10-13H,3-9H2,1-2H3,(H,17,21)(H,19,20).